The van der Waals surface area contributed by atoms with Crippen molar-refractivity contribution in [2.24, 2.45) is 5.92 Å². The van der Waals surface area contributed by atoms with Gasteiger partial charge in [-0.2, -0.15) is 0 Å². The van der Waals surface area contributed by atoms with E-state index in [-0.39, 0.29) is 28.6 Å². The number of carbonyl (C=O) groups excluding carboxylic acids is 1. The second kappa shape index (κ2) is 4.61. The van der Waals surface area contributed by atoms with Crippen molar-refractivity contribution < 1.29 is 13.9 Å². The van der Waals surface area contributed by atoms with E-state index >= 15 is 0 Å². The normalized spacial score (nSPS) is 35.9. The van der Waals surface area contributed by atoms with Gasteiger partial charge in [0.25, 0.3) is 0 Å². The van der Waals surface area contributed by atoms with Gasteiger partial charge in [-0.05, 0) is 12.5 Å². The molecule has 3 nitrogen and oxygen atoms in total. The molecule has 0 spiro atoms. The van der Waals surface area contributed by atoms with Crippen LogP contribution in [-0.4, -0.2) is 33.2 Å². The lowest BCUT2D eigenvalue weighted by Gasteiger charge is -2.64. The molecule has 1 amide bonds. The van der Waals surface area contributed by atoms with Crippen molar-refractivity contribution >= 4 is 28.7 Å². The van der Waals surface area contributed by atoms with Gasteiger partial charge in [-0.3, -0.25) is 0 Å². The first-order valence-corrected chi connectivity index (χ1v) is 7.56. The highest BCUT2D eigenvalue weighted by Gasteiger charge is 2.68. The van der Waals surface area contributed by atoms with Crippen molar-refractivity contribution in [2.75, 3.05) is 6.54 Å². The summed E-state index contributed by atoms with van der Waals surface area (Å²) in [4.78, 5) is 13.6. The molecule has 1 aliphatic heterocycles. The van der Waals surface area contributed by atoms with Gasteiger partial charge in [0.15, 0.2) is 0 Å². The van der Waals surface area contributed by atoms with Gasteiger partial charge >= 0.3 is 6.09 Å². The maximum absolute atomic E-state index is 14.0. The van der Waals surface area contributed by atoms with Crippen LogP contribution in [0.2, 0.25) is 0 Å². The average Bonchev–Trinajstić information content (AvgIpc) is 2.36. The first kappa shape index (κ1) is 13.1. The molecule has 1 aromatic carbocycles. The van der Waals surface area contributed by atoms with Crippen LogP contribution in [0.15, 0.2) is 30.3 Å². The first-order valence-electron chi connectivity index (χ1n) is 6.32. The summed E-state index contributed by atoms with van der Waals surface area (Å²) in [6, 6.07) is 9.57. The Labute approximate surface area is 125 Å². The van der Waals surface area contributed by atoms with E-state index in [4.69, 9.17) is 4.74 Å². The van der Waals surface area contributed by atoms with Crippen molar-refractivity contribution in [2.45, 2.75) is 29.2 Å². The van der Waals surface area contributed by atoms with Crippen molar-refractivity contribution in [3.8, 4) is 0 Å². The summed E-state index contributed by atoms with van der Waals surface area (Å²) in [7, 11) is 0. The van der Waals surface area contributed by atoms with Crippen LogP contribution in [0.5, 0.6) is 0 Å². The molecule has 5 heteroatoms. The Hall–Kier alpha value is -0.850. The molecule has 0 N–H and O–H groups in total. The zero-order valence-corrected chi connectivity index (χ0v) is 12.7. The number of hydrogen-bond acceptors (Lipinski definition) is 2. The number of benzene rings is 1. The Kier molecular flexibility index (Phi) is 3.19. The number of hydrogen-bond donors (Lipinski definition) is 0. The van der Waals surface area contributed by atoms with Crippen molar-refractivity contribution in [3.63, 3.8) is 0 Å². The number of piperidine rings is 1. The Balaban J connectivity index is 1.54. The molecule has 3 rings (SSSR count). The third kappa shape index (κ3) is 2.02. The molecule has 1 aromatic rings. The first-order chi connectivity index (χ1) is 9.01. The lowest BCUT2D eigenvalue weighted by Crippen LogP contribution is -2.80. The fourth-order valence-electron chi connectivity index (χ4n) is 2.81. The zero-order chi connectivity index (χ0) is 13.6. The van der Waals surface area contributed by atoms with Gasteiger partial charge in [0.05, 0.1) is 9.97 Å². The molecule has 4 atom stereocenters. The van der Waals surface area contributed by atoms with Gasteiger partial charge in [-0.1, -0.05) is 52.9 Å². The maximum atomic E-state index is 14.0. The van der Waals surface area contributed by atoms with E-state index < -0.39 is 5.67 Å². The Morgan fingerprint density at radius 2 is 2.21 bits per heavy atom. The topological polar surface area (TPSA) is 29.5 Å². The number of halogens is 2. The SMILES string of the molecule is C[C@@]1(F)C(I)[C@H]2[C@@H]1CN2C(=O)OCc1ccccc1. The molecule has 2 fully saturated rings. The summed E-state index contributed by atoms with van der Waals surface area (Å²) in [6.07, 6.45) is -0.331. The summed E-state index contributed by atoms with van der Waals surface area (Å²) in [5, 5.41) is 0. The van der Waals surface area contributed by atoms with Crippen LogP contribution in [-0.2, 0) is 11.3 Å². The molecular weight excluding hydrogens is 360 g/mol. The lowest BCUT2D eigenvalue weighted by atomic mass is 9.61. The summed E-state index contributed by atoms with van der Waals surface area (Å²) in [6.45, 7) is 2.37. The molecule has 0 aromatic heterocycles. The predicted molar refractivity (Wildman–Crippen MR) is 77.9 cm³/mol. The highest BCUT2D eigenvalue weighted by atomic mass is 127. The minimum Gasteiger partial charge on any atom is -0.445 e. The summed E-state index contributed by atoms with van der Waals surface area (Å²) < 4.78 is 19.1. The number of nitrogens with zero attached hydrogens (tertiary/aromatic N) is 1. The molecule has 102 valence electrons. The molecule has 1 heterocycles. The zero-order valence-electron chi connectivity index (χ0n) is 10.6. The van der Waals surface area contributed by atoms with Gasteiger partial charge < -0.3 is 9.64 Å². The van der Waals surface area contributed by atoms with E-state index in [2.05, 4.69) is 22.6 Å². The van der Waals surface area contributed by atoms with Crippen LogP contribution < -0.4 is 0 Å². The second-order valence-electron chi connectivity index (χ2n) is 5.34. The smallest absolute Gasteiger partial charge is 0.410 e. The lowest BCUT2D eigenvalue weighted by molar-refractivity contribution is -0.146. The molecule has 2 aliphatic rings. The third-order valence-corrected chi connectivity index (χ3v) is 6.12. The van der Waals surface area contributed by atoms with E-state index in [0.717, 1.165) is 5.56 Å². The van der Waals surface area contributed by atoms with Crippen molar-refractivity contribution in [3.05, 3.63) is 35.9 Å². The molecule has 0 bridgehead atoms. The van der Waals surface area contributed by atoms with Crippen LogP contribution >= 0.6 is 22.6 Å². The van der Waals surface area contributed by atoms with Gasteiger partial charge in [-0.15, -0.1) is 0 Å². The number of amides is 1. The van der Waals surface area contributed by atoms with Gasteiger partial charge in [-0.25, -0.2) is 9.18 Å². The molecule has 1 aliphatic carbocycles. The Bertz CT molecular complexity index is 485. The van der Waals surface area contributed by atoms with E-state index in [1.54, 1.807) is 11.8 Å². The minimum atomic E-state index is -1.14. The van der Waals surface area contributed by atoms with E-state index in [0.29, 0.717) is 6.54 Å². The highest BCUT2D eigenvalue weighted by molar-refractivity contribution is 14.1. The fraction of sp³-hybridized carbons (Fsp3) is 0.500. The third-order valence-electron chi connectivity index (χ3n) is 4.17. The predicted octanol–water partition coefficient (Wildman–Crippen LogP) is 3.17. The molecule has 1 saturated heterocycles. The van der Waals surface area contributed by atoms with Gasteiger partial charge in [0.1, 0.15) is 12.3 Å². The minimum absolute atomic E-state index is 0.0128. The molecule has 1 unspecified atom stereocenters. The standard InChI is InChI=1S/C14H15FINO2/c1-14(15)10-7-17(11(10)12(14)16)13(18)19-8-9-5-3-2-4-6-9/h2-6,10-12H,7-8H2,1H3/t10-,11+,12?,14-/m0/s1. The molecule has 19 heavy (non-hydrogen) atoms. The number of likely N-dealkylation sites (tertiary alicyclic amines) is 1. The number of carbonyl (C=O) groups is 1. The van der Waals surface area contributed by atoms with Crippen LogP contribution in [0.1, 0.15) is 12.5 Å². The summed E-state index contributed by atoms with van der Waals surface area (Å²) in [5.41, 5.74) is -0.176. The second-order valence-corrected chi connectivity index (χ2v) is 6.68. The van der Waals surface area contributed by atoms with Crippen LogP contribution in [0.25, 0.3) is 0 Å². The van der Waals surface area contributed by atoms with E-state index in [1.807, 2.05) is 30.3 Å². The van der Waals surface area contributed by atoms with Crippen molar-refractivity contribution in [1.29, 1.82) is 0 Å². The largest absolute Gasteiger partial charge is 0.445 e. The highest BCUT2D eigenvalue weighted by Crippen LogP contribution is 2.55. The number of rotatable bonds is 2. The number of ether oxygens (including phenoxy) is 1. The number of fused-ring (bicyclic) bond motifs is 1. The summed E-state index contributed by atoms with van der Waals surface area (Å²) in [5.74, 6) is -0.0151. The van der Waals surface area contributed by atoms with Crippen molar-refractivity contribution in [1.82, 2.24) is 4.90 Å². The van der Waals surface area contributed by atoms with Crippen LogP contribution in [0.3, 0.4) is 0 Å². The Morgan fingerprint density at radius 1 is 1.53 bits per heavy atom. The van der Waals surface area contributed by atoms with E-state index in [9.17, 15) is 9.18 Å². The number of alkyl halides is 2. The van der Waals surface area contributed by atoms with Crippen LogP contribution in [0.4, 0.5) is 9.18 Å². The maximum Gasteiger partial charge on any atom is 0.410 e. The average molecular weight is 375 g/mol. The molecule has 1 saturated carbocycles. The monoisotopic (exact) mass is 375 g/mol. The summed E-state index contributed by atoms with van der Waals surface area (Å²) >= 11 is 2.09. The molecule has 0 radical (unpaired) electrons. The van der Waals surface area contributed by atoms with Crippen LogP contribution in [0, 0.1) is 5.92 Å². The fourth-order valence-corrected chi connectivity index (χ4v) is 4.16. The molecular formula is C14H15FINO2. The Morgan fingerprint density at radius 3 is 2.84 bits per heavy atom. The van der Waals surface area contributed by atoms with Gasteiger partial charge in [0, 0.05) is 12.5 Å². The van der Waals surface area contributed by atoms with E-state index in [1.165, 1.54) is 0 Å². The quantitative estimate of drug-likeness (QED) is 0.587. The van der Waals surface area contributed by atoms with Gasteiger partial charge in [0.2, 0.25) is 0 Å².